The minimum Gasteiger partial charge on any atom is -0.493 e. The maximum Gasteiger partial charge on any atom is 0.252 e. The van der Waals surface area contributed by atoms with Gasteiger partial charge in [-0.25, -0.2) is 0 Å². The number of primary amides is 1. The van der Waals surface area contributed by atoms with Gasteiger partial charge in [0.15, 0.2) is 23.0 Å². The lowest BCUT2D eigenvalue weighted by atomic mass is 10.00. The Balaban J connectivity index is 2.19. The molecule has 7 heteroatoms. The van der Waals surface area contributed by atoms with Crippen LogP contribution in [-0.4, -0.2) is 40.5 Å². The molecule has 0 saturated heterocycles. The Labute approximate surface area is 145 Å². The highest BCUT2D eigenvalue weighted by Gasteiger charge is 2.22. The van der Waals surface area contributed by atoms with Crippen molar-refractivity contribution in [3.8, 4) is 39.9 Å². The lowest BCUT2D eigenvalue weighted by Crippen LogP contribution is -2.20. The molecule has 0 spiro atoms. The van der Waals surface area contributed by atoms with E-state index in [-0.39, 0.29) is 5.56 Å². The van der Waals surface area contributed by atoms with Crippen LogP contribution in [0.5, 0.6) is 28.7 Å². The standard InChI is InChI=1S/C18H19NO6/c1-21-13-7-11(8-14(22-2)17(13)23-3)10-6-12(18(19)20)16-15(9-10)24-4-5-25-16/h6-9H,4-5H2,1-3H3,(H2,19,20). The molecule has 2 aromatic carbocycles. The third-order valence-corrected chi connectivity index (χ3v) is 3.91. The zero-order valence-electron chi connectivity index (χ0n) is 14.3. The van der Waals surface area contributed by atoms with Gasteiger partial charge >= 0.3 is 0 Å². The van der Waals surface area contributed by atoms with E-state index in [2.05, 4.69) is 0 Å². The van der Waals surface area contributed by atoms with Crippen LogP contribution >= 0.6 is 0 Å². The van der Waals surface area contributed by atoms with Crippen LogP contribution in [0.4, 0.5) is 0 Å². The Morgan fingerprint density at radius 2 is 1.52 bits per heavy atom. The molecule has 0 atom stereocenters. The van der Waals surface area contributed by atoms with Gasteiger partial charge in [-0.15, -0.1) is 0 Å². The van der Waals surface area contributed by atoms with Gasteiger partial charge in [0.05, 0.1) is 26.9 Å². The number of benzene rings is 2. The normalized spacial score (nSPS) is 12.4. The Morgan fingerprint density at radius 1 is 0.920 bits per heavy atom. The fourth-order valence-electron chi connectivity index (χ4n) is 2.75. The molecule has 1 aliphatic rings. The highest BCUT2D eigenvalue weighted by Crippen LogP contribution is 2.44. The topological polar surface area (TPSA) is 89.2 Å². The number of carbonyl (C=O) groups excluding carboxylic acids is 1. The second kappa shape index (κ2) is 6.80. The number of methoxy groups -OCH3 is 3. The molecule has 1 amide bonds. The van der Waals surface area contributed by atoms with Crippen LogP contribution in [0.15, 0.2) is 24.3 Å². The SMILES string of the molecule is COc1cc(-c2cc3c(c(C(N)=O)c2)OCCO3)cc(OC)c1OC. The number of fused-ring (bicyclic) bond motifs is 1. The molecule has 3 rings (SSSR count). The predicted octanol–water partition coefficient (Wildman–Crippen LogP) is 2.25. The first-order chi connectivity index (χ1) is 12.1. The molecule has 0 aromatic heterocycles. The van der Waals surface area contributed by atoms with Gasteiger partial charge in [-0.2, -0.15) is 0 Å². The minimum atomic E-state index is -0.587. The van der Waals surface area contributed by atoms with Gasteiger partial charge in [-0.3, -0.25) is 4.79 Å². The molecule has 0 radical (unpaired) electrons. The van der Waals surface area contributed by atoms with Crippen LogP contribution in [0.3, 0.4) is 0 Å². The van der Waals surface area contributed by atoms with E-state index in [1.54, 1.807) is 38.5 Å². The van der Waals surface area contributed by atoms with Crippen molar-refractivity contribution in [1.82, 2.24) is 0 Å². The third-order valence-electron chi connectivity index (χ3n) is 3.91. The summed E-state index contributed by atoms with van der Waals surface area (Å²) in [4.78, 5) is 11.8. The molecule has 0 fully saturated rings. The molecule has 0 bridgehead atoms. The number of ether oxygens (including phenoxy) is 5. The third kappa shape index (κ3) is 3.00. The van der Waals surface area contributed by atoms with E-state index in [0.29, 0.717) is 42.0 Å². The number of nitrogens with two attached hydrogens (primary N) is 1. The highest BCUT2D eigenvalue weighted by molar-refractivity contribution is 5.98. The fourth-order valence-corrected chi connectivity index (χ4v) is 2.75. The quantitative estimate of drug-likeness (QED) is 0.894. The van der Waals surface area contributed by atoms with Crippen LogP contribution in [0.1, 0.15) is 10.4 Å². The first-order valence-corrected chi connectivity index (χ1v) is 7.62. The molecule has 0 aliphatic carbocycles. The minimum absolute atomic E-state index is 0.265. The first kappa shape index (κ1) is 16.8. The van der Waals surface area contributed by atoms with Gasteiger partial charge in [0.2, 0.25) is 5.75 Å². The van der Waals surface area contributed by atoms with Crippen molar-refractivity contribution in [2.75, 3.05) is 34.5 Å². The molecule has 0 unspecified atom stereocenters. The molecule has 7 nitrogen and oxygen atoms in total. The van der Waals surface area contributed by atoms with E-state index >= 15 is 0 Å². The van der Waals surface area contributed by atoms with Gasteiger partial charge in [-0.05, 0) is 35.4 Å². The summed E-state index contributed by atoms with van der Waals surface area (Å²) in [5.74, 6) is 1.76. The molecule has 2 aromatic rings. The Hall–Kier alpha value is -3.09. The summed E-state index contributed by atoms with van der Waals surface area (Å²) in [6.45, 7) is 0.778. The molecule has 132 valence electrons. The Kier molecular flexibility index (Phi) is 4.56. The molecule has 1 aliphatic heterocycles. The smallest absolute Gasteiger partial charge is 0.252 e. The summed E-state index contributed by atoms with van der Waals surface area (Å²) in [5.41, 5.74) is 7.24. The number of amides is 1. The second-order valence-corrected chi connectivity index (χ2v) is 5.33. The van der Waals surface area contributed by atoms with Crippen molar-refractivity contribution in [2.45, 2.75) is 0 Å². The summed E-state index contributed by atoms with van der Waals surface area (Å²) >= 11 is 0. The van der Waals surface area contributed by atoms with Gasteiger partial charge in [0.1, 0.15) is 13.2 Å². The van der Waals surface area contributed by atoms with Crippen molar-refractivity contribution in [3.05, 3.63) is 29.8 Å². The van der Waals surface area contributed by atoms with Crippen LogP contribution in [0.2, 0.25) is 0 Å². The summed E-state index contributed by atoms with van der Waals surface area (Å²) < 4.78 is 27.2. The van der Waals surface area contributed by atoms with Gasteiger partial charge in [-0.1, -0.05) is 0 Å². The van der Waals surface area contributed by atoms with E-state index in [1.165, 1.54) is 7.11 Å². The van der Waals surface area contributed by atoms with Crippen molar-refractivity contribution in [3.63, 3.8) is 0 Å². The second-order valence-electron chi connectivity index (χ2n) is 5.33. The lowest BCUT2D eigenvalue weighted by Gasteiger charge is -2.22. The van der Waals surface area contributed by atoms with Gasteiger partial charge in [0.25, 0.3) is 5.91 Å². The molecule has 25 heavy (non-hydrogen) atoms. The average molecular weight is 345 g/mol. The zero-order valence-corrected chi connectivity index (χ0v) is 14.3. The average Bonchev–Trinajstić information content (AvgIpc) is 2.65. The fraction of sp³-hybridized carbons (Fsp3) is 0.278. The summed E-state index contributed by atoms with van der Waals surface area (Å²) in [7, 11) is 4.62. The lowest BCUT2D eigenvalue weighted by molar-refractivity contribution is 0.0989. The molecule has 1 heterocycles. The maximum atomic E-state index is 11.8. The Bertz CT molecular complexity index is 792. The molecular weight excluding hydrogens is 326 g/mol. The largest absolute Gasteiger partial charge is 0.493 e. The molecule has 2 N–H and O–H groups in total. The van der Waals surface area contributed by atoms with Crippen LogP contribution in [0.25, 0.3) is 11.1 Å². The number of hydrogen-bond acceptors (Lipinski definition) is 6. The summed E-state index contributed by atoms with van der Waals surface area (Å²) in [6, 6.07) is 7.03. The van der Waals surface area contributed by atoms with Crippen LogP contribution < -0.4 is 29.4 Å². The van der Waals surface area contributed by atoms with E-state index in [1.807, 2.05) is 0 Å². The number of carbonyl (C=O) groups is 1. The Morgan fingerprint density at radius 3 is 2.08 bits per heavy atom. The number of rotatable bonds is 5. The van der Waals surface area contributed by atoms with Crippen LogP contribution in [-0.2, 0) is 0 Å². The van der Waals surface area contributed by atoms with E-state index in [0.717, 1.165) is 11.1 Å². The van der Waals surface area contributed by atoms with E-state index in [9.17, 15) is 4.79 Å². The van der Waals surface area contributed by atoms with Crippen molar-refractivity contribution < 1.29 is 28.5 Å². The van der Waals surface area contributed by atoms with Crippen molar-refractivity contribution in [1.29, 1.82) is 0 Å². The van der Waals surface area contributed by atoms with Crippen LogP contribution in [0, 0.1) is 0 Å². The summed E-state index contributed by atoms with van der Waals surface area (Å²) in [5, 5.41) is 0. The van der Waals surface area contributed by atoms with Gasteiger partial charge < -0.3 is 29.4 Å². The molecular formula is C18H19NO6. The maximum absolute atomic E-state index is 11.8. The monoisotopic (exact) mass is 345 g/mol. The molecule has 0 saturated carbocycles. The predicted molar refractivity (Wildman–Crippen MR) is 91.0 cm³/mol. The number of hydrogen-bond donors (Lipinski definition) is 1. The first-order valence-electron chi connectivity index (χ1n) is 7.62. The van der Waals surface area contributed by atoms with Crippen molar-refractivity contribution >= 4 is 5.91 Å². The zero-order chi connectivity index (χ0) is 18.0. The van der Waals surface area contributed by atoms with E-state index < -0.39 is 5.91 Å². The highest BCUT2D eigenvalue weighted by atomic mass is 16.6. The van der Waals surface area contributed by atoms with E-state index in [4.69, 9.17) is 29.4 Å². The van der Waals surface area contributed by atoms with Crippen molar-refractivity contribution in [2.24, 2.45) is 5.73 Å². The summed E-state index contributed by atoms with van der Waals surface area (Å²) in [6.07, 6.45) is 0. The van der Waals surface area contributed by atoms with Gasteiger partial charge in [0, 0.05) is 0 Å².